The van der Waals surface area contributed by atoms with Crippen molar-refractivity contribution in [2.75, 3.05) is 13.1 Å². The number of alkyl halides is 3. The van der Waals surface area contributed by atoms with Crippen molar-refractivity contribution in [1.82, 2.24) is 9.80 Å². The van der Waals surface area contributed by atoms with Gasteiger partial charge in [-0.15, -0.1) is 0 Å². The Morgan fingerprint density at radius 3 is 1.82 bits per heavy atom. The topological polar surface area (TPSA) is 102 Å². The van der Waals surface area contributed by atoms with E-state index in [4.69, 9.17) is 9.47 Å². The van der Waals surface area contributed by atoms with E-state index in [2.05, 4.69) is 4.18 Å². The zero-order valence-electron chi connectivity index (χ0n) is 16.3. The number of halogens is 3. The van der Waals surface area contributed by atoms with E-state index in [1.54, 1.807) is 20.8 Å². The minimum absolute atomic E-state index is 0.187. The van der Waals surface area contributed by atoms with E-state index in [-0.39, 0.29) is 13.1 Å². The van der Waals surface area contributed by atoms with Gasteiger partial charge in [0.25, 0.3) is 0 Å². The smallest absolute Gasteiger partial charge is 0.443 e. The van der Waals surface area contributed by atoms with Crippen molar-refractivity contribution < 1.29 is 44.8 Å². The van der Waals surface area contributed by atoms with Crippen LogP contribution in [-0.2, 0) is 23.8 Å². The van der Waals surface area contributed by atoms with E-state index < -0.39 is 44.9 Å². The molecule has 0 radical (unpaired) electrons. The van der Waals surface area contributed by atoms with Gasteiger partial charge in [0.1, 0.15) is 11.2 Å². The maximum Gasteiger partial charge on any atom is 0.534 e. The molecule has 0 N–H and O–H groups in total. The molecule has 28 heavy (non-hydrogen) atoms. The van der Waals surface area contributed by atoms with Crippen LogP contribution in [0.3, 0.4) is 0 Å². The van der Waals surface area contributed by atoms with Crippen molar-refractivity contribution in [3.63, 3.8) is 0 Å². The molecule has 0 atom stereocenters. The molecule has 2 amide bonds. The van der Waals surface area contributed by atoms with Crippen LogP contribution in [0.1, 0.15) is 41.5 Å². The second-order valence-electron chi connectivity index (χ2n) is 7.76. The van der Waals surface area contributed by atoms with Crippen molar-refractivity contribution in [3.05, 3.63) is 12.1 Å². The molecule has 0 fully saturated rings. The molecule has 0 saturated carbocycles. The van der Waals surface area contributed by atoms with Crippen molar-refractivity contribution in [1.29, 1.82) is 0 Å². The highest BCUT2D eigenvalue weighted by Crippen LogP contribution is 2.29. The van der Waals surface area contributed by atoms with Crippen molar-refractivity contribution in [2.45, 2.75) is 58.3 Å². The van der Waals surface area contributed by atoms with Crippen LogP contribution in [0.4, 0.5) is 22.8 Å². The van der Waals surface area contributed by atoms with Gasteiger partial charge in [-0.25, -0.2) is 14.5 Å². The van der Waals surface area contributed by atoms with E-state index in [1.165, 1.54) is 20.8 Å². The molecule has 0 saturated heterocycles. The van der Waals surface area contributed by atoms with Crippen LogP contribution in [0, 0.1) is 0 Å². The van der Waals surface area contributed by atoms with Crippen LogP contribution in [-0.4, -0.2) is 60.2 Å². The van der Waals surface area contributed by atoms with Crippen molar-refractivity contribution >= 4 is 22.3 Å². The van der Waals surface area contributed by atoms with E-state index in [1.807, 2.05) is 0 Å². The summed E-state index contributed by atoms with van der Waals surface area (Å²) in [5, 5.41) is 0. The van der Waals surface area contributed by atoms with E-state index in [9.17, 15) is 31.2 Å². The Morgan fingerprint density at radius 1 is 0.929 bits per heavy atom. The third kappa shape index (κ3) is 6.77. The molecule has 0 aromatic carbocycles. The summed E-state index contributed by atoms with van der Waals surface area (Å²) < 4.78 is 75.0. The van der Waals surface area contributed by atoms with Crippen LogP contribution in [0.2, 0.25) is 0 Å². The summed E-state index contributed by atoms with van der Waals surface area (Å²) in [5.74, 6) is -1.04. The molecule has 1 heterocycles. The van der Waals surface area contributed by atoms with Gasteiger partial charge in [-0.3, -0.25) is 4.90 Å². The van der Waals surface area contributed by atoms with Crippen molar-refractivity contribution in [2.24, 2.45) is 0 Å². The van der Waals surface area contributed by atoms with Gasteiger partial charge in [0.05, 0.1) is 12.7 Å². The molecule has 1 aliphatic rings. The Hall–Kier alpha value is -2.18. The molecule has 0 aromatic rings. The standard InChI is InChI=1S/C15H23F3N2O7S/c1-13(2,3)25-11(21)19-7-8-20(12(22)26-14(4,5)6)10(9-19)27-28(23,24)15(16,17)18/h9H,7-8H2,1-6H3. The van der Waals surface area contributed by atoms with Gasteiger partial charge < -0.3 is 13.7 Å². The maximum absolute atomic E-state index is 12.7. The third-order valence-corrected chi connectivity index (χ3v) is 3.77. The highest BCUT2D eigenvalue weighted by atomic mass is 32.2. The molecule has 1 rings (SSSR count). The first-order chi connectivity index (χ1) is 12.3. The van der Waals surface area contributed by atoms with E-state index in [0.29, 0.717) is 11.1 Å². The molecule has 0 bridgehead atoms. The molecule has 0 aliphatic carbocycles. The van der Waals surface area contributed by atoms with Crippen LogP contribution in [0.15, 0.2) is 12.1 Å². The molecule has 0 spiro atoms. The second kappa shape index (κ2) is 7.68. The predicted octanol–water partition coefficient (Wildman–Crippen LogP) is 3.14. The highest BCUT2D eigenvalue weighted by molar-refractivity contribution is 7.87. The SMILES string of the molecule is CC(C)(C)OC(=O)N1C=C(OS(=O)(=O)C(F)(F)F)N(C(=O)OC(C)(C)C)CC1. The summed E-state index contributed by atoms with van der Waals surface area (Å²) in [6.07, 6.45) is -1.45. The van der Waals surface area contributed by atoms with Gasteiger partial charge in [0, 0.05) is 6.54 Å². The van der Waals surface area contributed by atoms with Gasteiger partial charge in [0.2, 0.25) is 5.88 Å². The number of amides is 2. The number of rotatable bonds is 2. The largest absolute Gasteiger partial charge is 0.534 e. The molecule has 0 aromatic heterocycles. The Bertz CT molecular complexity index is 749. The lowest BCUT2D eigenvalue weighted by molar-refractivity contribution is -0.0547. The number of hydrogen-bond donors (Lipinski definition) is 0. The molecular formula is C15H23F3N2O7S. The summed E-state index contributed by atoms with van der Waals surface area (Å²) in [7, 11) is -6.09. The minimum Gasteiger partial charge on any atom is -0.443 e. The molecule has 162 valence electrons. The zero-order valence-corrected chi connectivity index (χ0v) is 17.1. The summed E-state index contributed by atoms with van der Waals surface area (Å²) >= 11 is 0. The monoisotopic (exact) mass is 432 g/mol. The highest BCUT2D eigenvalue weighted by Gasteiger charge is 2.50. The van der Waals surface area contributed by atoms with Gasteiger partial charge in [-0.1, -0.05) is 0 Å². The van der Waals surface area contributed by atoms with Crippen LogP contribution in [0.5, 0.6) is 0 Å². The molecule has 0 unspecified atom stereocenters. The van der Waals surface area contributed by atoms with Gasteiger partial charge in [0.15, 0.2) is 0 Å². The fourth-order valence-electron chi connectivity index (χ4n) is 1.77. The fraction of sp³-hybridized carbons (Fsp3) is 0.733. The van der Waals surface area contributed by atoms with E-state index >= 15 is 0 Å². The van der Waals surface area contributed by atoms with Crippen molar-refractivity contribution in [3.8, 4) is 0 Å². The first-order valence-corrected chi connectivity index (χ1v) is 9.46. The summed E-state index contributed by atoms with van der Waals surface area (Å²) in [4.78, 5) is 25.7. The molecule has 9 nitrogen and oxygen atoms in total. The quantitative estimate of drug-likeness (QED) is 0.488. The maximum atomic E-state index is 12.7. The number of hydrogen-bond acceptors (Lipinski definition) is 7. The average Bonchev–Trinajstić information content (AvgIpc) is 2.41. The number of nitrogens with zero attached hydrogens (tertiary/aromatic N) is 2. The molecular weight excluding hydrogens is 409 g/mol. The first kappa shape index (κ1) is 23.9. The lowest BCUT2D eigenvalue weighted by atomic mass is 10.2. The second-order valence-corrected chi connectivity index (χ2v) is 9.29. The lowest BCUT2D eigenvalue weighted by Crippen LogP contribution is -2.47. The Balaban J connectivity index is 3.24. The van der Waals surface area contributed by atoms with Gasteiger partial charge >= 0.3 is 27.8 Å². The predicted molar refractivity (Wildman–Crippen MR) is 90.0 cm³/mol. The zero-order chi connectivity index (χ0) is 22.1. The average molecular weight is 432 g/mol. The lowest BCUT2D eigenvalue weighted by Gasteiger charge is -2.34. The third-order valence-electron chi connectivity index (χ3n) is 2.82. The van der Waals surface area contributed by atoms with Crippen LogP contribution in [0.25, 0.3) is 0 Å². The number of carbonyl (C=O) groups excluding carboxylic acids is 2. The summed E-state index contributed by atoms with van der Waals surface area (Å²) in [6, 6.07) is 0. The Labute approximate surface area is 161 Å². The minimum atomic E-state index is -6.09. The van der Waals surface area contributed by atoms with E-state index in [0.717, 1.165) is 4.90 Å². The van der Waals surface area contributed by atoms with Crippen LogP contribution >= 0.6 is 0 Å². The van der Waals surface area contributed by atoms with Gasteiger partial charge in [-0.2, -0.15) is 21.6 Å². The Kier molecular flexibility index (Phi) is 6.54. The fourth-order valence-corrected chi connectivity index (χ4v) is 2.23. The van der Waals surface area contributed by atoms with Gasteiger partial charge in [-0.05, 0) is 41.5 Å². The first-order valence-electron chi connectivity index (χ1n) is 8.05. The molecule has 1 aliphatic heterocycles. The van der Waals surface area contributed by atoms with Crippen LogP contribution < -0.4 is 0 Å². The number of carbonyl (C=O) groups is 2. The summed E-state index contributed by atoms with van der Waals surface area (Å²) in [6.45, 7) is 8.67. The summed E-state index contributed by atoms with van der Waals surface area (Å²) in [5.41, 5.74) is -7.65. The molecule has 13 heteroatoms. The Morgan fingerprint density at radius 2 is 1.39 bits per heavy atom. The normalized spacial score (nSPS) is 16.4. The number of ether oxygens (including phenoxy) is 2.